The Bertz CT molecular complexity index is 529. The van der Waals surface area contributed by atoms with Gasteiger partial charge < -0.3 is 4.74 Å². The van der Waals surface area contributed by atoms with E-state index in [1.165, 1.54) is 7.11 Å². The SMILES string of the molecule is COC(=O)CC1c2ccc(Br)cc2C(=O)N1C=O. The van der Waals surface area contributed by atoms with Crippen LogP contribution in [0.3, 0.4) is 0 Å². The summed E-state index contributed by atoms with van der Waals surface area (Å²) in [6.07, 6.45) is 0.416. The van der Waals surface area contributed by atoms with Gasteiger partial charge in [-0.15, -0.1) is 0 Å². The average Bonchev–Trinajstić information content (AvgIpc) is 2.62. The third-order valence-electron chi connectivity index (χ3n) is 2.88. The van der Waals surface area contributed by atoms with E-state index in [9.17, 15) is 14.4 Å². The molecule has 0 spiro atoms. The Labute approximate surface area is 112 Å². The monoisotopic (exact) mass is 311 g/mol. The predicted octanol–water partition coefficient (Wildman–Crippen LogP) is 1.67. The number of methoxy groups -OCH3 is 1. The van der Waals surface area contributed by atoms with E-state index in [0.717, 1.165) is 9.37 Å². The summed E-state index contributed by atoms with van der Waals surface area (Å²) < 4.78 is 5.33. The van der Waals surface area contributed by atoms with Crippen molar-refractivity contribution in [2.24, 2.45) is 0 Å². The van der Waals surface area contributed by atoms with Crippen LogP contribution in [0.15, 0.2) is 22.7 Å². The molecule has 5 nitrogen and oxygen atoms in total. The summed E-state index contributed by atoms with van der Waals surface area (Å²) in [4.78, 5) is 35.3. The maximum absolute atomic E-state index is 12.0. The molecule has 1 atom stereocenters. The zero-order valence-electron chi connectivity index (χ0n) is 9.55. The van der Waals surface area contributed by atoms with Crippen LogP contribution in [0.1, 0.15) is 28.4 Å². The van der Waals surface area contributed by atoms with Crippen LogP contribution in [0, 0.1) is 0 Å². The van der Waals surface area contributed by atoms with Crippen LogP contribution in [0.25, 0.3) is 0 Å². The Morgan fingerprint density at radius 3 is 2.89 bits per heavy atom. The van der Waals surface area contributed by atoms with Gasteiger partial charge in [0.15, 0.2) is 0 Å². The van der Waals surface area contributed by atoms with E-state index in [1.54, 1.807) is 18.2 Å². The van der Waals surface area contributed by atoms with Crippen molar-refractivity contribution in [2.45, 2.75) is 12.5 Å². The minimum atomic E-state index is -0.578. The van der Waals surface area contributed by atoms with Gasteiger partial charge in [-0.3, -0.25) is 19.3 Å². The fourth-order valence-corrected chi connectivity index (χ4v) is 2.37. The third-order valence-corrected chi connectivity index (χ3v) is 3.37. The second kappa shape index (κ2) is 4.89. The number of carbonyl (C=O) groups is 3. The Kier molecular flexibility index (Phi) is 3.47. The number of imide groups is 1. The highest BCUT2D eigenvalue weighted by molar-refractivity contribution is 9.10. The number of amides is 2. The van der Waals surface area contributed by atoms with E-state index in [4.69, 9.17) is 0 Å². The molecule has 2 amide bonds. The van der Waals surface area contributed by atoms with Crippen LogP contribution in [0.4, 0.5) is 0 Å². The van der Waals surface area contributed by atoms with Gasteiger partial charge in [0.05, 0.1) is 19.6 Å². The van der Waals surface area contributed by atoms with E-state index >= 15 is 0 Å². The summed E-state index contributed by atoms with van der Waals surface area (Å²) in [5, 5.41) is 0. The van der Waals surface area contributed by atoms with E-state index in [0.29, 0.717) is 17.5 Å². The number of halogens is 1. The molecule has 1 unspecified atom stereocenters. The molecular weight excluding hydrogens is 302 g/mol. The molecule has 0 saturated carbocycles. The topological polar surface area (TPSA) is 63.7 Å². The maximum Gasteiger partial charge on any atom is 0.307 e. The van der Waals surface area contributed by atoms with Crippen LogP contribution in [0.5, 0.6) is 0 Å². The molecule has 0 aromatic heterocycles. The molecule has 2 rings (SSSR count). The number of rotatable bonds is 3. The number of esters is 1. The van der Waals surface area contributed by atoms with Crippen LogP contribution in [-0.4, -0.2) is 30.3 Å². The second-order valence-electron chi connectivity index (χ2n) is 3.85. The van der Waals surface area contributed by atoms with Crippen molar-refractivity contribution in [3.05, 3.63) is 33.8 Å². The fourth-order valence-electron chi connectivity index (χ4n) is 2.01. The first-order chi connectivity index (χ1) is 8.58. The number of benzene rings is 1. The first-order valence-electron chi connectivity index (χ1n) is 5.22. The molecule has 0 saturated heterocycles. The highest BCUT2D eigenvalue weighted by Crippen LogP contribution is 2.36. The molecule has 1 aliphatic heterocycles. The highest BCUT2D eigenvalue weighted by Gasteiger charge is 2.38. The van der Waals surface area contributed by atoms with Crippen molar-refractivity contribution in [1.29, 1.82) is 0 Å². The lowest BCUT2D eigenvalue weighted by atomic mass is 10.0. The number of carbonyl (C=O) groups excluding carboxylic acids is 3. The molecule has 6 heteroatoms. The molecule has 0 bridgehead atoms. The van der Waals surface area contributed by atoms with Crippen molar-refractivity contribution in [2.75, 3.05) is 7.11 Å². The zero-order valence-corrected chi connectivity index (χ0v) is 11.1. The van der Waals surface area contributed by atoms with Gasteiger partial charge in [0.25, 0.3) is 5.91 Å². The zero-order chi connectivity index (χ0) is 13.3. The van der Waals surface area contributed by atoms with Gasteiger partial charge >= 0.3 is 5.97 Å². The quantitative estimate of drug-likeness (QED) is 0.629. The van der Waals surface area contributed by atoms with Gasteiger partial charge in [0, 0.05) is 10.0 Å². The van der Waals surface area contributed by atoms with Gasteiger partial charge in [0.1, 0.15) is 0 Å². The van der Waals surface area contributed by atoms with Gasteiger partial charge in [0.2, 0.25) is 6.41 Å². The van der Waals surface area contributed by atoms with Crippen LogP contribution in [0.2, 0.25) is 0 Å². The fraction of sp³-hybridized carbons (Fsp3) is 0.250. The Hall–Kier alpha value is -1.69. The van der Waals surface area contributed by atoms with Crippen LogP contribution >= 0.6 is 15.9 Å². The Morgan fingerprint density at radius 2 is 2.28 bits per heavy atom. The van der Waals surface area contributed by atoms with Crippen molar-refractivity contribution < 1.29 is 19.1 Å². The third kappa shape index (κ3) is 2.03. The molecule has 0 radical (unpaired) electrons. The minimum absolute atomic E-state index is 0.0321. The maximum atomic E-state index is 12.0. The average molecular weight is 312 g/mol. The first-order valence-corrected chi connectivity index (χ1v) is 6.02. The number of hydrogen-bond acceptors (Lipinski definition) is 4. The molecule has 1 aromatic carbocycles. The van der Waals surface area contributed by atoms with Crippen molar-refractivity contribution in [1.82, 2.24) is 4.90 Å². The van der Waals surface area contributed by atoms with E-state index < -0.39 is 17.9 Å². The molecule has 18 heavy (non-hydrogen) atoms. The molecule has 94 valence electrons. The van der Waals surface area contributed by atoms with Crippen molar-refractivity contribution in [3.63, 3.8) is 0 Å². The summed E-state index contributed by atoms with van der Waals surface area (Å²) >= 11 is 3.27. The van der Waals surface area contributed by atoms with E-state index in [1.807, 2.05) is 0 Å². The second-order valence-corrected chi connectivity index (χ2v) is 4.76. The summed E-state index contributed by atoms with van der Waals surface area (Å²) in [5.41, 5.74) is 1.10. The van der Waals surface area contributed by atoms with Crippen LogP contribution in [-0.2, 0) is 14.3 Å². The smallest absolute Gasteiger partial charge is 0.307 e. The predicted molar refractivity (Wildman–Crippen MR) is 65.7 cm³/mol. The normalized spacial score (nSPS) is 17.6. The Balaban J connectivity index is 2.43. The van der Waals surface area contributed by atoms with Gasteiger partial charge in [-0.05, 0) is 17.7 Å². The minimum Gasteiger partial charge on any atom is -0.469 e. The standard InChI is InChI=1S/C12H10BrNO4/c1-18-11(16)5-10-8-3-2-7(13)4-9(8)12(17)14(10)6-15/h2-4,6,10H,5H2,1H3. The summed E-state index contributed by atoms with van der Waals surface area (Å²) in [6.45, 7) is 0. The molecule has 1 aromatic rings. The molecule has 0 fully saturated rings. The van der Waals surface area contributed by atoms with Gasteiger partial charge in [-0.25, -0.2) is 0 Å². The number of fused-ring (bicyclic) bond motifs is 1. The molecule has 0 aliphatic carbocycles. The lowest BCUT2D eigenvalue weighted by Crippen LogP contribution is -2.28. The van der Waals surface area contributed by atoms with E-state index in [-0.39, 0.29) is 6.42 Å². The highest BCUT2D eigenvalue weighted by atomic mass is 79.9. The van der Waals surface area contributed by atoms with E-state index in [2.05, 4.69) is 20.7 Å². The summed E-state index contributed by atoms with van der Waals surface area (Å²) in [5.74, 6) is -0.856. The van der Waals surface area contributed by atoms with Gasteiger partial charge in [-0.1, -0.05) is 22.0 Å². The molecule has 1 aliphatic rings. The summed E-state index contributed by atoms with van der Waals surface area (Å²) in [6, 6.07) is 4.57. The Morgan fingerprint density at radius 1 is 1.56 bits per heavy atom. The molecule has 0 N–H and O–H groups in total. The lowest BCUT2D eigenvalue weighted by Gasteiger charge is -2.17. The number of ether oxygens (including phenoxy) is 1. The molecular formula is C12H10BrNO4. The molecule has 1 heterocycles. The summed E-state index contributed by atoms with van der Waals surface area (Å²) in [7, 11) is 1.27. The number of nitrogens with zero attached hydrogens (tertiary/aromatic N) is 1. The van der Waals surface area contributed by atoms with Crippen molar-refractivity contribution >= 4 is 34.2 Å². The largest absolute Gasteiger partial charge is 0.469 e. The van der Waals surface area contributed by atoms with Gasteiger partial charge in [-0.2, -0.15) is 0 Å². The lowest BCUT2D eigenvalue weighted by molar-refractivity contribution is -0.142. The van der Waals surface area contributed by atoms with Crippen molar-refractivity contribution in [3.8, 4) is 0 Å². The first kappa shape index (κ1) is 12.8. The van der Waals surface area contributed by atoms with Crippen LogP contribution < -0.4 is 0 Å². The number of hydrogen-bond donors (Lipinski definition) is 0.